The second kappa shape index (κ2) is 5.61. The lowest BCUT2D eigenvalue weighted by molar-refractivity contribution is 0.115. The Balaban J connectivity index is 2.54. The number of aliphatic hydroxyl groups is 1. The first-order valence-corrected chi connectivity index (χ1v) is 7.81. The van der Waals surface area contributed by atoms with Crippen LogP contribution in [-0.4, -0.2) is 11.2 Å². The Kier molecular flexibility index (Phi) is 4.32. The minimum absolute atomic E-state index is 0.0912. The van der Waals surface area contributed by atoms with Crippen LogP contribution < -0.4 is 0 Å². The third kappa shape index (κ3) is 1.97. The van der Waals surface area contributed by atoms with Gasteiger partial charge in [-0.2, -0.15) is 0 Å². The van der Waals surface area contributed by atoms with Crippen LogP contribution in [0.2, 0.25) is 0 Å². The van der Waals surface area contributed by atoms with Crippen molar-refractivity contribution in [3.63, 3.8) is 0 Å². The molecule has 18 heavy (non-hydrogen) atoms. The number of hydrogen-bond acceptors (Lipinski definition) is 1. The summed E-state index contributed by atoms with van der Waals surface area (Å²) >= 11 is 0. The molecule has 3 atom stereocenters. The fourth-order valence-corrected chi connectivity index (χ4v) is 4.43. The van der Waals surface area contributed by atoms with Crippen molar-refractivity contribution in [3.05, 3.63) is 22.3 Å². The van der Waals surface area contributed by atoms with E-state index in [1.54, 1.807) is 22.3 Å². The molecule has 0 saturated heterocycles. The smallest absolute Gasteiger partial charge is 0.0614 e. The Morgan fingerprint density at radius 3 is 2.17 bits per heavy atom. The van der Waals surface area contributed by atoms with E-state index in [-0.39, 0.29) is 6.10 Å². The number of hydrogen-bond donors (Lipinski definition) is 1. The number of allylic oxidation sites excluding steroid dienone is 3. The summed E-state index contributed by atoms with van der Waals surface area (Å²) in [5.74, 6) is 1.04. The Morgan fingerprint density at radius 1 is 1.00 bits per heavy atom. The maximum absolute atomic E-state index is 10.4. The van der Waals surface area contributed by atoms with Gasteiger partial charge in [0.25, 0.3) is 0 Å². The van der Waals surface area contributed by atoms with Crippen molar-refractivity contribution >= 4 is 0 Å². The molecule has 0 radical (unpaired) electrons. The van der Waals surface area contributed by atoms with E-state index >= 15 is 0 Å². The first kappa shape index (κ1) is 13.9. The highest BCUT2D eigenvalue weighted by Crippen LogP contribution is 2.50. The number of aliphatic hydroxyl groups excluding tert-OH is 1. The van der Waals surface area contributed by atoms with Gasteiger partial charge in [0, 0.05) is 5.92 Å². The largest absolute Gasteiger partial charge is 0.392 e. The average molecular weight is 248 g/mol. The summed E-state index contributed by atoms with van der Waals surface area (Å²) in [6.07, 6.45) is 6.65. The molecule has 0 heterocycles. The fraction of sp³-hybridized carbons (Fsp3) is 0.765. The minimum Gasteiger partial charge on any atom is -0.392 e. The minimum atomic E-state index is -0.0912. The van der Waals surface area contributed by atoms with Gasteiger partial charge in [0.05, 0.1) is 6.10 Å². The molecule has 102 valence electrons. The van der Waals surface area contributed by atoms with Crippen molar-refractivity contribution in [2.24, 2.45) is 11.8 Å². The summed E-state index contributed by atoms with van der Waals surface area (Å²) in [4.78, 5) is 0. The van der Waals surface area contributed by atoms with Crippen LogP contribution in [0, 0.1) is 11.8 Å². The van der Waals surface area contributed by atoms with Crippen molar-refractivity contribution in [1.29, 1.82) is 0 Å². The van der Waals surface area contributed by atoms with E-state index in [9.17, 15) is 5.11 Å². The molecule has 0 aliphatic heterocycles. The van der Waals surface area contributed by atoms with Crippen molar-refractivity contribution in [2.45, 2.75) is 72.3 Å². The molecule has 1 fully saturated rings. The lowest BCUT2D eigenvalue weighted by Crippen LogP contribution is -2.29. The Labute approximate surface area is 112 Å². The molecule has 0 spiro atoms. The van der Waals surface area contributed by atoms with Gasteiger partial charge < -0.3 is 5.11 Å². The third-order valence-electron chi connectivity index (χ3n) is 5.07. The van der Waals surface area contributed by atoms with Crippen LogP contribution in [0.15, 0.2) is 22.3 Å². The van der Waals surface area contributed by atoms with E-state index in [1.165, 1.54) is 6.42 Å². The van der Waals surface area contributed by atoms with Crippen LogP contribution in [0.3, 0.4) is 0 Å². The van der Waals surface area contributed by atoms with Gasteiger partial charge in [0.2, 0.25) is 0 Å². The zero-order valence-corrected chi connectivity index (χ0v) is 12.4. The van der Waals surface area contributed by atoms with Crippen LogP contribution in [0.5, 0.6) is 0 Å². The van der Waals surface area contributed by atoms with E-state index in [0.29, 0.717) is 11.8 Å². The van der Waals surface area contributed by atoms with E-state index in [1.807, 2.05) is 0 Å². The SMILES string of the molecule is CCC1=C(CC)C(CC)[C@@H]2C(=C1CC)CC[C@@H]2O. The first-order chi connectivity index (χ1) is 8.69. The molecule has 0 aromatic heterocycles. The summed E-state index contributed by atoms with van der Waals surface area (Å²) in [7, 11) is 0. The van der Waals surface area contributed by atoms with E-state index in [2.05, 4.69) is 27.7 Å². The maximum Gasteiger partial charge on any atom is 0.0614 e. The zero-order chi connectivity index (χ0) is 13.3. The normalized spacial score (nSPS) is 32.2. The first-order valence-electron chi connectivity index (χ1n) is 7.81. The van der Waals surface area contributed by atoms with Crippen LogP contribution >= 0.6 is 0 Å². The van der Waals surface area contributed by atoms with Gasteiger partial charge in [0.15, 0.2) is 0 Å². The highest BCUT2D eigenvalue weighted by molar-refractivity contribution is 5.46. The van der Waals surface area contributed by atoms with Crippen molar-refractivity contribution in [2.75, 3.05) is 0 Å². The van der Waals surface area contributed by atoms with Gasteiger partial charge in [-0.25, -0.2) is 0 Å². The lowest BCUT2D eigenvalue weighted by Gasteiger charge is -2.37. The van der Waals surface area contributed by atoms with Gasteiger partial charge in [-0.15, -0.1) is 0 Å². The van der Waals surface area contributed by atoms with E-state index in [4.69, 9.17) is 0 Å². The van der Waals surface area contributed by atoms with Crippen LogP contribution in [0.4, 0.5) is 0 Å². The predicted molar refractivity (Wildman–Crippen MR) is 77.4 cm³/mol. The second-order valence-electron chi connectivity index (χ2n) is 5.71. The van der Waals surface area contributed by atoms with Gasteiger partial charge in [0.1, 0.15) is 0 Å². The maximum atomic E-state index is 10.4. The monoisotopic (exact) mass is 248 g/mol. The average Bonchev–Trinajstić information content (AvgIpc) is 2.77. The summed E-state index contributed by atoms with van der Waals surface area (Å²) < 4.78 is 0. The summed E-state index contributed by atoms with van der Waals surface area (Å²) in [6.45, 7) is 9.14. The molecule has 1 N–H and O–H groups in total. The highest BCUT2D eigenvalue weighted by Gasteiger charge is 2.41. The Morgan fingerprint density at radius 2 is 1.67 bits per heavy atom. The summed E-state index contributed by atoms with van der Waals surface area (Å²) in [5, 5.41) is 10.4. The van der Waals surface area contributed by atoms with E-state index in [0.717, 1.165) is 32.1 Å². The molecule has 1 saturated carbocycles. The molecule has 1 nitrogen and oxygen atoms in total. The van der Waals surface area contributed by atoms with Gasteiger partial charge in [-0.1, -0.05) is 38.8 Å². The topological polar surface area (TPSA) is 20.2 Å². The van der Waals surface area contributed by atoms with Crippen LogP contribution in [0.25, 0.3) is 0 Å². The zero-order valence-electron chi connectivity index (χ0n) is 12.4. The lowest BCUT2D eigenvalue weighted by atomic mass is 9.69. The highest BCUT2D eigenvalue weighted by atomic mass is 16.3. The molecule has 2 aliphatic carbocycles. The molecular formula is C17H28O. The van der Waals surface area contributed by atoms with Crippen molar-refractivity contribution in [1.82, 2.24) is 0 Å². The number of fused-ring (bicyclic) bond motifs is 1. The second-order valence-corrected chi connectivity index (χ2v) is 5.71. The van der Waals surface area contributed by atoms with Gasteiger partial charge >= 0.3 is 0 Å². The molecule has 0 amide bonds. The number of rotatable bonds is 4. The van der Waals surface area contributed by atoms with Gasteiger partial charge in [-0.3, -0.25) is 0 Å². The molecule has 1 unspecified atom stereocenters. The van der Waals surface area contributed by atoms with Gasteiger partial charge in [-0.05, 0) is 55.6 Å². The Hall–Kier alpha value is -0.560. The summed E-state index contributed by atoms with van der Waals surface area (Å²) in [6, 6.07) is 0. The quantitative estimate of drug-likeness (QED) is 0.769. The van der Waals surface area contributed by atoms with Crippen LogP contribution in [-0.2, 0) is 0 Å². The Bertz CT molecular complexity index is 361. The fourth-order valence-electron chi connectivity index (χ4n) is 4.43. The molecule has 0 aromatic rings. The van der Waals surface area contributed by atoms with Crippen molar-refractivity contribution in [3.8, 4) is 0 Å². The molecule has 0 aromatic carbocycles. The molecular weight excluding hydrogens is 220 g/mol. The molecule has 2 rings (SSSR count). The molecule has 1 heteroatoms. The molecule has 2 aliphatic rings. The standard InChI is InChI=1S/C17H28O/c1-5-11-12(6-2)14(8-4)17-15(13(11)7-3)9-10-16(17)18/h14,16-18H,5-10H2,1-4H3/t14?,16-,17+/m0/s1. The van der Waals surface area contributed by atoms with Crippen molar-refractivity contribution < 1.29 is 5.11 Å². The van der Waals surface area contributed by atoms with Crippen LogP contribution in [0.1, 0.15) is 66.2 Å². The predicted octanol–water partition coefficient (Wildman–Crippen LogP) is 4.62. The third-order valence-corrected chi connectivity index (χ3v) is 5.07. The molecule has 0 bridgehead atoms. The summed E-state index contributed by atoms with van der Waals surface area (Å²) in [5.41, 5.74) is 6.48. The van der Waals surface area contributed by atoms with E-state index < -0.39 is 0 Å².